The second-order valence-corrected chi connectivity index (χ2v) is 6.35. The van der Waals surface area contributed by atoms with Gasteiger partial charge in [0.05, 0.1) is 0 Å². The van der Waals surface area contributed by atoms with Crippen LogP contribution in [0.5, 0.6) is 0 Å². The van der Waals surface area contributed by atoms with Crippen LogP contribution in [0.1, 0.15) is 24.3 Å². The Balaban J connectivity index is 1.80. The molecule has 1 aliphatic rings. The Hall–Kier alpha value is -1.48. The summed E-state index contributed by atoms with van der Waals surface area (Å²) >= 11 is 3.56. The molecule has 20 heavy (non-hydrogen) atoms. The Morgan fingerprint density at radius 3 is 2.75 bits per heavy atom. The minimum atomic E-state index is 0.575. The topological polar surface area (TPSA) is 29.3 Å². The molecule has 104 valence electrons. The number of rotatable bonds is 2. The first kappa shape index (κ1) is 13.5. The summed E-state index contributed by atoms with van der Waals surface area (Å²) in [4.78, 5) is 2.47. The van der Waals surface area contributed by atoms with E-state index >= 15 is 0 Å². The molecule has 2 N–H and O–H groups in total. The van der Waals surface area contributed by atoms with Gasteiger partial charge in [-0.3, -0.25) is 0 Å². The van der Waals surface area contributed by atoms with Crippen LogP contribution in [0, 0.1) is 0 Å². The maximum absolute atomic E-state index is 5.91. The minimum Gasteiger partial charge on any atom is -0.399 e. The van der Waals surface area contributed by atoms with Crippen LogP contribution in [-0.4, -0.2) is 13.1 Å². The van der Waals surface area contributed by atoms with E-state index in [1.54, 1.807) is 0 Å². The summed E-state index contributed by atoms with van der Waals surface area (Å²) in [5, 5.41) is 0. The molecule has 1 aliphatic heterocycles. The summed E-state index contributed by atoms with van der Waals surface area (Å²) in [6.45, 7) is 2.20. The molecule has 2 aromatic carbocycles. The van der Waals surface area contributed by atoms with Crippen LogP contribution in [0.2, 0.25) is 0 Å². The summed E-state index contributed by atoms with van der Waals surface area (Å²) in [6.07, 6.45) is 2.47. The number of nitrogens with zero attached hydrogens (tertiary/aromatic N) is 1. The maximum atomic E-state index is 5.91. The van der Waals surface area contributed by atoms with Gasteiger partial charge in [-0.15, -0.1) is 0 Å². The molecule has 0 bridgehead atoms. The number of nitrogen functional groups attached to an aromatic ring is 1. The molecular formula is C17H19BrN2. The van der Waals surface area contributed by atoms with Gasteiger partial charge in [-0.1, -0.05) is 34.1 Å². The van der Waals surface area contributed by atoms with Crippen molar-refractivity contribution in [1.29, 1.82) is 0 Å². The summed E-state index contributed by atoms with van der Waals surface area (Å²) < 4.78 is 1.14. The first-order chi connectivity index (χ1) is 9.72. The maximum Gasteiger partial charge on any atom is 0.0377 e. The van der Waals surface area contributed by atoms with Crippen LogP contribution in [0.25, 0.3) is 0 Å². The van der Waals surface area contributed by atoms with Crippen molar-refractivity contribution in [3.8, 4) is 0 Å². The van der Waals surface area contributed by atoms with Crippen molar-refractivity contribution >= 4 is 27.3 Å². The van der Waals surface area contributed by atoms with E-state index in [1.807, 2.05) is 6.07 Å². The average Bonchev–Trinajstić information content (AvgIpc) is 2.47. The zero-order chi connectivity index (χ0) is 13.9. The van der Waals surface area contributed by atoms with Gasteiger partial charge in [-0.2, -0.15) is 0 Å². The summed E-state index contributed by atoms with van der Waals surface area (Å²) in [5.41, 5.74) is 9.44. The number of hydrogen-bond acceptors (Lipinski definition) is 2. The Kier molecular flexibility index (Phi) is 3.97. The third kappa shape index (κ3) is 2.98. The highest BCUT2D eigenvalue weighted by Crippen LogP contribution is 2.31. The van der Waals surface area contributed by atoms with Gasteiger partial charge in [0.1, 0.15) is 0 Å². The van der Waals surface area contributed by atoms with Crippen LogP contribution in [0.15, 0.2) is 53.0 Å². The Bertz CT molecular complexity index is 546. The second kappa shape index (κ2) is 5.88. The Morgan fingerprint density at radius 2 is 1.95 bits per heavy atom. The monoisotopic (exact) mass is 330 g/mol. The fourth-order valence-corrected chi connectivity index (χ4v) is 3.36. The van der Waals surface area contributed by atoms with Gasteiger partial charge in [0.2, 0.25) is 0 Å². The molecule has 1 saturated heterocycles. The molecule has 1 unspecified atom stereocenters. The molecule has 0 aliphatic carbocycles. The molecule has 0 aromatic heterocycles. The number of hydrogen-bond donors (Lipinski definition) is 1. The van der Waals surface area contributed by atoms with Gasteiger partial charge in [-0.25, -0.2) is 0 Å². The van der Waals surface area contributed by atoms with Gasteiger partial charge >= 0.3 is 0 Å². The van der Waals surface area contributed by atoms with Crippen LogP contribution in [-0.2, 0) is 0 Å². The Morgan fingerprint density at radius 1 is 1.10 bits per heavy atom. The SMILES string of the molecule is Nc1cccc(C2CCCN(c3cccc(Br)c3)C2)c1. The molecular weight excluding hydrogens is 312 g/mol. The molecule has 0 radical (unpaired) electrons. The first-order valence-electron chi connectivity index (χ1n) is 7.08. The highest BCUT2D eigenvalue weighted by Gasteiger charge is 2.21. The first-order valence-corrected chi connectivity index (χ1v) is 7.87. The molecule has 0 spiro atoms. The predicted molar refractivity (Wildman–Crippen MR) is 89.2 cm³/mol. The zero-order valence-corrected chi connectivity index (χ0v) is 13.0. The molecule has 2 nitrogen and oxygen atoms in total. The van der Waals surface area contributed by atoms with E-state index in [1.165, 1.54) is 24.1 Å². The van der Waals surface area contributed by atoms with Crippen molar-refractivity contribution in [2.45, 2.75) is 18.8 Å². The van der Waals surface area contributed by atoms with Crippen molar-refractivity contribution in [3.05, 3.63) is 58.6 Å². The van der Waals surface area contributed by atoms with E-state index in [0.717, 1.165) is 23.2 Å². The van der Waals surface area contributed by atoms with Crippen LogP contribution >= 0.6 is 15.9 Å². The highest BCUT2D eigenvalue weighted by molar-refractivity contribution is 9.10. The molecule has 3 heteroatoms. The van der Waals surface area contributed by atoms with E-state index in [-0.39, 0.29) is 0 Å². The summed E-state index contributed by atoms with van der Waals surface area (Å²) in [5.74, 6) is 0.575. The summed E-state index contributed by atoms with van der Waals surface area (Å²) in [7, 11) is 0. The zero-order valence-electron chi connectivity index (χ0n) is 11.4. The number of nitrogens with two attached hydrogens (primary N) is 1. The molecule has 0 saturated carbocycles. The number of piperidine rings is 1. The van der Waals surface area contributed by atoms with Gasteiger partial charge in [0.25, 0.3) is 0 Å². The smallest absolute Gasteiger partial charge is 0.0377 e. The molecule has 2 aromatic rings. The van der Waals surface area contributed by atoms with E-state index in [4.69, 9.17) is 5.73 Å². The fourth-order valence-electron chi connectivity index (χ4n) is 2.97. The lowest BCUT2D eigenvalue weighted by molar-refractivity contribution is 0.510. The van der Waals surface area contributed by atoms with E-state index in [2.05, 4.69) is 63.3 Å². The van der Waals surface area contributed by atoms with Crippen molar-refractivity contribution in [3.63, 3.8) is 0 Å². The van der Waals surface area contributed by atoms with Crippen molar-refractivity contribution < 1.29 is 0 Å². The standard InChI is InChI=1S/C17H19BrN2/c18-15-6-2-8-17(11-15)20-9-3-5-14(12-20)13-4-1-7-16(19)10-13/h1-2,4,6-8,10-11,14H,3,5,9,12,19H2. The fraction of sp³-hybridized carbons (Fsp3) is 0.294. The molecule has 1 atom stereocenters. The van der Waals surface area contributed by atoms with Crippen molar-refractivity contribution in [2.24, 2.45) is 0 Å². The van der Waals surface area contributed by atoms with Crippen molar-refractivity contribution in [2.75, 3.05) is 23.7 Å². The Labute approximate surface area is 128 Å². The van der Waals surface area contributed by atoms with Gasteiger partial charge in [0, 0.05) is 34.9 Å². The van der Waals surface area contributed by atoms with Gasteiger partial charge in [0.15, 0.2) is 0 Å². The number of anilines is 2. The summed E-state index contributed by atoms with van der Waals surface area (Å²) in [6, 6.07) is 16.9. The third-order valence-electron chi connectivity index (χ3n) is 3.98. The molecule has 1 heterocycles. The second-order valence-electron chi connectivity index (χ2n) is 5.44. The lowest BCUT2D eigenvalue weighted by Gasteiger charge is -2.35. The average molecular weight is 331 g/mol. The van der Waals surface area contributed by atoms with Gasteiger partial charge in [-0.05, 0) is 48.7 Å². The lowest BCUT2D eigenvalue weighted by atomic mass is 9.90. The van der Waals surface area contributed by atoms with Crippen LogP contribution in [0.4, 0.5) is 11.4 Å². The van der Waals surface area contributed by atoms with Crippen LogP contribution in [0.3, 0.4) is 0 Å². The lowest BCUT2D eigenvalue weighted by Crippen LogP contribution is -2.34. The normalized spacial score (nSPS) is 19.1. The third-order valence-corrected chi connectivity index (χ3v) is 4.47. The highest BCUT2D eigenvalue weighted by atomic mass is 79.9. The number of benzene rings is 2. The number of halogens is 1. The molecule has 0 amide bonds. The van der Waals surface area contributed by atoms with E-state index in [9.17, 15) is 0 Å². The molecule has 1 fully saturated rings. The minimum absolute atomic E-state index is 0.575. The van der Waals surface area contributed by atoms with Crippen LogP contribution < -0.4 is 10.6 Å². The van der Waals surface area contributed by atoms with E-state index in [0.29, 0.717) is 5.92 Å². The molecule has 3 rings (SSSR count). The van der Waals surface area contributed by atoms with Crippen molar-refractivity contribution in [1.82, 2.24) is 0 Å². The largest absolute Gasteiger partial charge is 0.399 e. The quantitative estimate of drug-likeness (QED) is 0.826. The predicted octanol–water partition coefficient (Wildman–Crippen LogP) is 4.42. The van der Waals surface area contributed by atoms with E-state index < -0.39 is 0 Å². The van der Waals surface area contributed by atoms with Gasteiger partial charge < -0.3 is 10.6 Å².